The fraction of sp³-hybridized carbons (Fsp3) is 0.263. The fourth-order valence-corrected chi connectivity index (χ4v) is 3.69. The minimum atomic E-state index is -0.957. The molecule has 25 heavy (non-hydrogen) atoms. The first-order valence-electron chi connectivity index (χ1n) is 8.04. The predicted molar refractivity (Wildman–Crippen MR) is 94.3 cm³/mol. The summed E-state index contributed by atoms with van der Waals surface area (Å²) in [6.45, 7) is 1.11. The van der Waals surface area contributed by atoms with Gasteiger partial charge < -0.3 is 10.0 Å². The van der Waals surface area contributed by atoms with Crippen molar-refractivity contribution in [3.63, 3.8) is 0 Å². The summed E-state index contributed by atoms with van der Waals surface area (Å²) < 4.78 is 12.9. The van der Waals surface area contributed by atoms with Crippen molar-refractivity contribution in [3.8, 4) is 0 Å². The zero-order chi connectivity index (χ0) is 17.8. The lowest BCUT2D eigenvalue weighted by molar-refractivity contribution is -0.131. The molecular weight excluding hydrogens is 341 g/mol. The zero-order valence-corrected chi connectivity index (χ0v) is 14.4. The van der Waals surface area contributed by atoms with Crippen LogP contribution in [0.5, 0.6) is 0 Å². The van der Waals surface area contributed by atoms with Crippen LogP contribution in [0.25, 0.3) is 0 Å². The van der Waals surface area contributed by atoms with E-state index < -0.39 is 5.97 Å². The van der Waals surface area contributed by atoms with Crippen LogP contribution in [0.1, 0.15) is 27.9 Å². The van der Waals surface area contributed by atoms with Gasteiger partial charge in [0.1, 0.15) is 5.82 Å². The number of amides is 1. The molecule has 0 saturated heterocycles. The van der Waals surface area contributed by atoms with E-state index in [-0.39, 0.29) is 17.3 Å². The third-order valence-corrected chi connectivity index (χ3v) is 5.23. The Balaban J connectivity index is 1.55. The molecule has 0 fully saturated rings. The molecule has 4 nitrogen and oxygen atoms in total. The van der Waals surface area contributed by atoms with Crippen LogP contribution in [-0.4, -0.2) is 34.2 Å². The lowest BCUT2D eigenvalue weighted by Gasteiger charge is -2.29. The Hall–Kier alpha value is -2.34. The lowest BCUT2D eigenvalue weighted by atomic mass is 9.97. The summed E-state index contributed by atoms with van der Waals surface area (Å²) in [6.07, 6.45) is 1.14. The number of carbonyl (C=O) groups is 2. The molecule has 0 radical (unpaired) electrons. The number of rotatable bonds is 5. The number of hydrogen-bond acceptors (Lipinski definition) is 3. The maximum absolute atomic E-state index is 12.9. The van der Waals surface area contributed by atoms with Crippen molar-refractivity contribution >= 4 is 23.6 Å². The summed E-state index contributed by atoms with van der Waals surface area (Å²) in [5.74, 6) is -0.542. The van der Waals surface area contributed by atoms with Crippen molar-refractivity contribution in [2.75, 3.05) is 12.3 Å². The maximum Gasteiger partial charge on any atom is 0.335 e. The standard InChI is InChI=1S/C19H18FNO3S/c20-16-3-5-17(6-4-16)25-10-8-18(22)21-9-7-13-1-2-14(19(23)24)11-15(13)12-21/h1-6,11H,7-10,12H2,(H,23,24). The number of aromatic carboxylic acids is 1. The number of fused-ring (bicyclic) bond motifs is 1. The number of nitrogens with zero attached hydrogens (tertiary/aromatic N) is 1. The van der Waals surface area contributed by atoms with Crippen molar-refractivity contribution in [1.29, 1.82) is 0 Å². The van der Waals surface area contributed by atoms with Crippen molar-refractivity contribution < 1.29 is 19.1 Å². The first-order chi connectivity index (χ1) is 12.0. The quantitative estimate of drug-likeness (QED) is 0.829. The smallest absolute Gasteiger partial charge is 0.335 e. The summed E-state index contributed by atoms with van der Waals surface area (Å²) in [4.78, 5) is 26.2. The molecular formula is C19H18FNO3S. The van der Waals surface area contributed by atoms with E-state index in [1.807, 2.05) is 6.07 Å². The van der Waals surface area contributed by atoms with E-state index in [0.717, 1.165) is 22.4 Å². The first-order valence-corrected chi connectivity index (χ1v) is 9.03. The first kappa shape index (κ1) is 17.5. The van der Waals surface area contributed by atoms with Crippen molar-refractivity contribution in [3.05, 3.63) is 65.0 Å². The van der Waals surface area contributed by atoms with E-state index in [9.17, 15) is 14.0 Å². The van der Waals surface area contributed by atoms with E-state index in [2.05, 4.69) is 0 Å². The molecule has 0 atom stereocenters. The van der Waals surface area contributed by atoms with Gasteiger partial charge in [0.15, 0.2) is 0 Å². The Morgan fingerprint density at radius 3 is 2.60 bits per heavy atom. The predicted octanol–water partition coefficient (Wildman–Crippen LogP) is 3.59. The monoisotopic (exact) mass is 359 g/mol. The highest BCUT2D eigenvalue weighted by Crippen LogP contribution is 2.23. The Kier molecular flexibility index (Phi) is 5.38. The maximum atomic E-state index is 12.9. The molecule has 0 spiro atoms. The number of carbonyl (C=O) groups excluding carboxylic acids is 1. The van der Waals surface area contributed by atoms with Crippen molar-refractivity contribution in [2.24, 2.45) is 0 Å². The van der Waals surface area contributed by atoms with E-state index >= 15 is 0 Å². The minimum absolute atomic E-state index is 0.0565. The molecule has 3 rings (SSSR count). The van der Waals surface area contributed by atoms with Crippen LogP contribution >= 0.6 is 11.8 Å². The number of thioether (sulfide) groups is 1. The number of benzene rings is 2. The molecule has 1 amide bonds. The average molecular weight is 359 g/mol. The summed E-state index contributed by atoms with van der Waals surface area (Å²) in [5.41, 5.74) is 2.26. The topological polar surface area (TPSA) is 57.6 Å². The summed E-state index contributed by atoms with van der Waals surface area (Å²) in [7, 11) is 0. The van der Waals surface area contributed by atoms with Crippen LogP contribution in [0, 0.1) is 5.82 Å². The molecule has 130 valence electrons. The van der Waals surface area contributed by atoms with Gasteiger partial charge in [-0.2, -0.15) is 0 Å². The molecule has 6 heteroatoms. The Morgan fingerprint density at radius 1 is 1.12 bits per heavy atom. The molecule has 1 N–H and O–H groups in total. The molecule has 2 aromatic carbocycles. The van der Waals surface area contributed by atoms with Gasteiger partial charge in [0, 0.05) is 30.2 Å². The second-order valence-corrected chi connectivity index (χ2v) is 7.07. The SMILES string of the molecule is O=C(O)c1ccc2c(c1)CN(C(=O)CCSc1ccc(F)cc1)CC2. The van der Waals surface area contributed by atoms with Crippen LogP contribution in [0.15, 0.2) is 47.4 Å². The molecule has 0 unspecified atom stereocenters. The number of carboxylic acids is 1. The van der Waals surface area contributed by atoms with Gasteiger partial charge in [-0.1, -0.05) is 6.07 Å². The highest BCUT2D eigenvalue weighted by atomic mass is 32.2. The van der Waals surface area contributed by atoms with Gasteiger partial charge in [0.2, 0.25) is 5.91 Å². The second-order valence-electron chi connectivity index (χ2n) is 5.91. The van der Waals surface area contributed by atoms with Gasteiger partial charge in [-0.25, -0.2) is 9.18 Å². The molecule has 0 aromatic heterocycles. The van der Waals surface area contributed by atoms with Gasteiger partial charge >= 0.3 is 5.97 Å². The average Bonchev–Trinajstić information content (AvgIpc) is 2.62. The van der Waals surface area contributed by atoms with Gasteiger partial charge in [0.25, 0.3) is 0 Å². The molecule has 1 aliphatic heterocycles. The van der Waals surface area contributed by atoms with E-state index in [0.29, 0.717) is 25.3 Å². The largest absolute Gasteiger partial charge is 0.478 e. The lowest BCUT2D eigenvalue weighted by Crippen LogP contribution is -2.36. The minimum Gasteiger partial charge on any atom is -0.478 e. The summed E-state index contributed by atoms with van der Waals surface area (Å²) in [5, 5.41) is 9.10. The van der Waals surface area contributed by atoms with Gasteiger partial charge in [-0.3, -0.25) is 4.79 Å². The van der Waals surface area contributed by atoms with Crippen LogP contribution in [-0.2, 0) is 17.8 Å². The summed E-state index contributed by atoms with van der Waals surface area (Å²) >= 11 is 1.52. The highest BCUT2D eigenvalue weighted by molar-refractivity contribution is 7.99. The Labute approximate surface area is 149 Å². The molecule has 0 saturated carbocycles. The number of halogens is 1. The van der Waals surface area contributed by atoms with Crippen LogP contribution in [0.3, 0.4) is 0 Å². The number of carboxylic acid groups (broad SMARTS) is 1. The van der Waals surface area contributed by atoms with Crippen molar-refractivity contribution in [1.82, 2.24) is 4.90 Å². The normalized spacial score (nSPS) is 13.4. The molecule has 2 aromatic rings. The molecule has 0 aliphatic carbocycles. The van der Waals surface area contributed by atoms with Gasteiger partial charge in [-0.05, 0) is 53.9 Å². The highest BCUT2D eigenvalue weighted by Gasteiger charge is 2.21. The third-order valence-electron chi connectivity index (χ3n) is 4.22. The number of hydrogen-bond donors (Lipinski definition) is 1. The Bertz CT molecular complexity index is 792. The third kappa shape index (κ3) is 4.39. The van der Waals surface area contributed by atoms with Gasteiger partial charge in [-0.15, -0.1) is 11.8 Å². The van der Waals surface area contributed by atoms with E-state index in [1.165, 1.54) is 23.9 Å². The van der Waals surface area contributed by atoms with Crippen LogP contribution < -0.4 is 0 Å². The van der Waals surface area contributed by atoms with E-state index in [1.54, 1.807) is 29.2 Å². The Morgan fingerprint density at radius 2 is 1.88 bits per heavy atom. The van der Waals surface area contributed by atoms with Gasteiger partial charge in [0.05, 0.1) is 5.56 Å². The van der Waals surface area contributed by atoms with Crippen LogP contribution in [0.4, 0.5) is 4.39 Å². The van der Waals surface area contributed by atoms with E-state index in [4.69, 9.17) is 5.11 Å². The zero-order valence-electron chi connectivity index (χ0n) is 13.6. The van der Waals surface area contributed by atoms with Crippen LogP contribution in [0.2, 0.25) is 0 Å². The second kappa shape index (κ2) is 7.70. The van der Waals surface area contributed by atoms with Crippen molar-refractivity contribution in [2.45, 2.75) is 24.3 Å². The summed E-state index contributed by atoms with van der Waals surface area (Å²) in [6, 6.07) is 11.3. The molecule has 1 aliphatic rings. The fourth-order valence-electron chi connectivity index (χ4n) is 2.85. The molecule has 1 heterocycles. The molecule has 0 bridgehead atoms.